The Bertz CT molecular complexity index is 1170. The van der Waals surface area contributed by atoms with Crippen LogP contribution in [0.5, 0.6) is 0 Å². The van der Waals surface area contributed by atoms with Crippen LogP contribution in [0.2, 0.25) is 10.0 Å². The minimum Gasteiger partial charge on any atom is -0.396 e. The van der Waals surface area contributed by atoms with E-state index in [0.29, 0.717) is 22.9 Å². The van der Waals surface area contributed by atoms with Gasteiger partial charge < -0.3 is 5.11 Å². The molecule has 0 spiro atoms. The van der Waals surface area contributed by atoms with Crippen LogP contribution in [-0.4, -0.2) is 51.5 Å². The van der Waals surface area contributed by atoms with E-state index in [4.69, 9.17) is 28.3 Å². The highest BCUT2D eigenvalue weighted by Crippen LogP contribution is 2.29. The monoisotopic (exact) mass is 532 g/mol. The Kier molecular flexibility index (Phi) is 8.96. The highest BCUT2D eigenvalue weighted by atomic mass is 35.5. The maximum atomic E-state index is 13.3. The zero-order valence-electron chi connectivity index (χ0n) is 17.8. The predicted octanol–water partition coefficient (Wildman–Crippen LogP) is 3.82. The molecule has 0 saturated carbocycles. The summed E-state index contributed by atoms with van der Waals surface area (Å²) in [7, 11) is -7.73. The molecule has 2 N–H and O–H groups in total. The molecule has 1 heterocycles. The lowest BCUT2D eigenvalue weighted by atomic mass is 10.1. The number of nitrogens with zero attached hydrogens (tertiary/aromatic N) is 1. The van der Waals surface area contributed by atoms with Crippen LogP contribution < -0.4 is 4.72 Å². The number of benzene rings is 2. The topological polar surface area (TPSA) is 104 Å². The van der Waals surface area contributed by atoms with Gasteiger partial charge in [-0.2, -0.15) is 4.31 Å². The molecule has 2 atom stereocenters. The van der Waals surface area contributed by atoms with Gasteiger partial charge >= 0.3 is 0 Å². The molecule has 2 aromatic rings. The summed E-state index contributed by atoms with van der Waals surface area (Å²) in [6, 6.07) is 10.5. The van der Waals surface area contributed by atoms with Crippen molar-refractivity contribution in [3.05, 3.63) is 70.7 Å². The summed E-state index contributed by atoms with van der Waals surface area (Å²) < 4.78 is 56.3. The predicted molar refractivity (Wildman–Crippen MR) is 129 cm³/mol. The third-order valence-corrected chi connectivity index (χ3v) is 9.24. The zero-order chi connectivity index (χ0) is 24.1. The molecule has 0 aromatic heterocycles. The van der Waals surface area contributed by atoms with E-state index in [0.717, 1.165) is 6.42 Å². The number of unbranched alkanes of at least 4 members (excludes halogenated alkanes) is 2. The van der Waals surface area contributed by atoms with Crippen LogP contribution >= 0.6 is 23.2 Å². The highest BCUT2D eigenvalue weighted by Gasteiger charge is 2.40. The van der Waals surface area contributed by atoms with E-state index >= 15 is 0 Å². The van der Waals surface area contributed by atoms with E-state index < -0.39 is 32.1 Å². The highest BCUT2D eigenvalue weighted by molar-refractivity contribution is 7.89. The Morgan fingerprint density at radius 1 is 0.939 bits per heavy atom. The molecule has 3 rings (SSSR count). The molecule has 1 aliphatic rings. The molecule has 1 saturated heterocycles. The van der Waals surface area contributed by atoms with Gasteiger partial charge in [-0.05, 0) is 74.2 Å². The molecule has 33 heavy (non-hydrogen) atoms. The molecule has 180 valence electrons. The Labute approximate surface area is 205 Å². The lowest BCUT2D eigenvalue weighted by Gasteiger charge is -2.22. The van der Waals surface area contributed by atoms with Crippen molar-refractivity contribution in [3.63, 3.8) is 0 Å². The minimum atomic E-state index is -3.88. The molecule has 0 bridgehead atoms. The van der Waals surface area contributed by atoms with Crippen molar-refractivity contribution in [2.45, 2.75) is 47.6 Å². The van der Waals surface area contributed by atoms with Crippen molar-refractivity contribution in [3.8, 4) is 0 Å². The van der Waals surface area contributed by atoms with Gasteiger partial charge in [0.25, 0.3) is 0 Å². The number of hydrogen-bond acceptors (Lipinski definition) is 5. The largest absolute Gasteiger partial charge is 0.396 e. The van der Waals surface area contributed by atoms with Crippen LogP contribution in [-0.2, 0) is 20.0 Å². The molecule has 2 aromatic carbocycles. The lowest BCUT2D eigenvalue weighted by molar-refractivity contribution is 0.285. The van der Waals surface area contributed by atoms with Gasteiger partial charge in [-0.1, -0.05) is 35.4 Å². The van der Waals surface area contributed by atoms with Crippen molar-refractivity contribution >= 4 is 43.2 Å². The summed E-state index contributed by atoms with van der Waals surface area (Å²) in [5, 5.41) is 9.77. The zero-order valence-corrected chi connectivity index (χ0v) is 20.9. The van der Waals surface area contributed by atoms with Crippen LogP contribution in [0.1, 0.15) is 25.7 Å². The van der Waals surface area contributed by atoms with Crippen LogP contribution in [0.4, 0.5) is 0 Å². The van der Waals surface area contributed by atoms with Crippen molar-refractivity contribution < 1.29 is 21.9 Å². The van der Waals surface area contributed by atoms with Gasteiger partial charge in [0, 0.05) is 35.3 Å². The Morgan fingerprint density at radius 2 is 1.52 bits per heavy atom. The SMILES string of the molecule is O=S(=O)(NC1CC(C=CCCCCO)N(S(=O)(=O)c2ccc(Cl)cc2)C1)c1ccc(Cl)cc1. The van der Waals surface area contributed by atoms with Gasteiger partial charge in [-0.15, -0.1) is 0 Å². The van der Waals surface area contributed by atoms with Crippen molar-refractivity contribution in [1.29, 1.82) is 0 Å². The average Bonchev–Trinajstić information content (AvgIpc) is 3.17. The van der Waals surface area contributed by atoms with E-state index in [9.17, 15) is 16.8 Å². The number of nitrogens with one attached hydrogen (secondary N) is 1. The van der Waals surface area contributed by atoms with Gasteiger partial charge in [0.15, 0.2) is 0 Å². The van der Waals surface area contributed by atoms with E-state index in [1.54, 1.807) is 6.08 Å². The van der Waals surface area contributed by atoms with Gasteiger partial charge in [-0.3, -0.25) is 0 Å². The Balaban J connectivity index is 1.83. The normalized spacial score (nSPS) is 20.0. The van der Waals surface area contributed by atoms with Crippen molar-refractivity contribution in [1.82, 2.24) is 9.03 Å². The number of rotatable bonds is 10. The summed E-state index contributed by atoms with van der Waals surface area (Å²) in [6.07, 6.45) is 6.08. The molecule has 1 fully saturated rings. The first-order valence-corrected chi connectivity index (χ1v) is 14.1. The molecule has 0 amide bonds. The molecule has 0 aliphatic carbocycles. The summed E-state index contributed by atoms with van der Waals surface area (Å²) in [5.41, 5.74) is 0. The second-order valence-corrected chi connectivity index (χ2v) is 12.2. The maximum absolute atomic E-state index is 13.3. The molecule has 2 unspecified atom stereocenters. The number of allylic oxidation sites excluding steroid dienone is 1. The van der Waals surface area contributed by atoms with E-state index in [2.05, 4.69) is 4.72 Å². The molecule has 0 radical (unpaired) electrons. The first-order valence-electron chi connectivity index (χ1n) is 10.5. The van der Waals surface area contributed by atoms with Crippen LogP contribution in [0.15, 0.2) is 70.5 Å². The van der Waals surface area contributed by atoms with E-state index in [1.165, 1.54) is 52.8 Å². The van der Waals surface area contributed by atoms with Gasteiger partial charge in [-0.25, -0.2) is 21.6 Å². The second kappa shape index (κ2) is 11.3. The van der Waals surface area contributed by atoms with Crippen molar-refractivity contribution in [2.24, 2.45) is 0 Å². The van der Waals surface area contributed by atoms with Crippen LogP contribution in [0.25, 0.3) is 0 Å². The van der Waals surface area contributed by atoms with Crippen LogP contribution in [0.3, 0.4) is 0 Å². The minimum absolute atomic E-state index is 0.0105. The average molecular weight is 533 g/mol. The molecule has 1 aliphatic heterocycles. The standard InChI is InChI=1S/C22H26Cl2N2O5S2/c23-17-6-10-21(11-7-17)32(28,29)25-19-15-20(5-3-1-2-4-14-27)26(16-19)33(30,31)22-12-8-18(24)9-13-22/h3,5-13,19-20,25,27H,1-2,4,14-16H2. The number of hydrogen-bond donors (Lipinski definition) is 2. The first-order chi connectivity index (χ1) is 15.6. The summed E-state index contributed by atoms with van der Waals surface area (Å²) in [6.45, 7) is 0.0896. The first kappa shape index (κ1) is 26.2. The van der Waals surface area contributed by atoms with E-state index in [-0.39, 0.29) is 29.4 Å². The smallest absolute Gasteiger partial charge is 0.243 e. The van der Waals surface area contributed by atoms with E-state index in [1.807, 2.05) is 6.08 Å². The molecular formula is C22H26Cl2N2O5S2. The fourth-order valence-corrected chi connectivity index (χ4v) is 6.77. The number of aliphatic hydroxyl groups excluding tert-OH is 1. The number of aliphatic hydroxyl groups is 1. The lowest BCUT2D eigenvalue weighted by Crippen LogP contribution is -2.39. The molecular weight excluding hydrogens is 507 g/mol. The van der Waals surface area contributed by atoms with Gasteiger partial charge in [0.1, 0.15) is 0 Å². The van der Waals surface area contributed by atoms with Gasteiger partial charge in [0.2, 0.25) is 20.0 Å². The summed E-state index contributed by atoms with van der Waals surface area (Å²) in [4.78, 5) is 0.147. The Hall–Kier alpha value is -1.46. The second-order valence-electron chi connectivity index (χ2n) is 7.75. The third-order valence-electron chi connectivity index (χ3n) is 5.30. The quantitative estimate of drug-likeness (QED) is 0.357. The van der Waals surface area contributed by atoms with Gasteiger partial charge in [0.05, 0.1) is 9.79 Å². The van der Waals surface area contributed by atoms with Crippen molar-refractivity contribution in [2.75, 3.05) is 13.2 Å². The molecule has 7 nitrogen and oxygen atoms in total. The fraction of sp³-hybridized carbons (Fsp3) is 0.364. The van der Waals surface area contributed by atoms with Crippen LogP contribution in [0, 0.1) is 0 Å². The number of halogens is 2. The Morgan fingerprint density at radius 3 is 2.09 bits per heavy atom. The molecule has 11 heteroatoms. The summed E-state index contributed by atoms with van der Waals surface area (Å²) in [5.74, 6) is 0. The third kappa shape index (κ3) is 6.79. The maximum Gasteiger partial charge on any atom is 0.243 e. The summed E-state index contributed by atoms with van der Waals surface area (Å²) >= 11 is 11.8. The fourth-order valence-electron chi connectivity index (χ4n) is 3.64. The number of sulfonamides is 2.